The van der Waals surface area contributed by atoms with Crippen LogP contribution in [0.4, 0.5) is 11.6 Å². The predicted molar refractivity (Wildman–Crippen MR) is 80.4 cm³/mol. The van der Waals surface area contributed by atoms with Crippen LogP contribution in [0.1, 0.15) is 5.76 Å². The van der Waals surface area contributed by atoms with E-state index >= 15 is 0 Å². The molecule has 4 nitrogen and oxygen atoms in total. The first-order chi connectivity index (χ1) is 9.81. The Morgan fingerprint density at radius 1 is 1.15 bits per heavy atom. The molecular formula is C15H15ClN2O2. The summed E-state index contributed by atoms with van der Waals surface area (Å²) in [6.45, 7) is 3.20. The van der Waals surface area contributed by atoms with E-state index < -0.39 is 0 Å². The summed E-state index contributed by atoms with van der Waals surface area (Å²) in [7, 11) is 0. The van der Waals surface area contributed by atoms with Gasteiger partial charge in [-0.3, -0.25) is 4.99 Å². The average Bonchev–Trinajstić information content (AvgIpc) is 2.95. The van der Waals surface area contributed by atoms with Crippen LogP contribution < -0.4 is 4.90 Å². The van der Waals surface area contributed by atoms with Crippen molar-refractivity contribution in [3.63, 3.8) is 0 Å². The Hall–Kier alpha value is -1.78. The van der Waals surface area contributed by atoms with Gasteiger partial charge in [0, 0.05) is 24.2 Å². The molecule has 5 heteroatoms. The molecule has 20 heavy (non-hydrogen) atoms. The maximum atomic E-state index is 5.92. The summed E-state index contributed by atoms with van der Waals surface area (Å²) in [5, 5.41) is 0.674. The van der Waals surface area contributed by atoms with Gasteiger partial charge < -0.3 is 14.1 Å². The molecule has 2 aromatic rings. The van der Waals surface area contributed by atoms with Crippen LogP contribution in [0.15, 0.2) is 45.8 Å². The maximum Gasteiger partial charge on any atom is 0.196 e. The lowest BCUT2D eigenvalue weighted by Gasteiger charge is -2.26. The van der Waals surface area contributed by atoms with Gasteiger partial charge in [-0.05, 0) is 24.3 Å². The largest absolute Gasteiger partial charge is 0.440 e. The molecule has 0 saturated carbocycles. The van der Waals surface area contributed by atoms with Gasteiger partial charge >= 0.3 is 0 Å². The number of benzene rings is 1. The molecular weight excluding hydrogens is 276 g/mol. The highest BCUT2D eigenvalue weighted by Gasteiger charge is 2.13. The minimum atomic E-state index is 0.674. The first kappa shape index (κ1) is 13.2. The standard InChI is InChI=1S/C15H15ClN2O2/c16-12-2-1-3-13(10-12)17-11-14-4-5-15(20-14)18-6-8-19-9-7-18/h1-5,10-11H,6-9H2. The van der Waals surface area contributed by atoms with Crippen molar-refractivity contribution in [1.82, 2.24) is 0 Å². The van der Waals surface area contributed by atoms with Gasteiger partial charge in [0.1, 0.15) is 5.76 Å². The number of aliphatic imine (C=N–C) groups is 1. The fourth-order valence-corrected chi connectivity index (χ4v) is 2.24. The van der Waals surface area contributed by atoms with Crippen LogP contribution in [0.3, 0.4) is 0 Å². The highest BCUT2D eigenvalue weighted by Crippen LogP contribution is 2.20. The molecule has 0 radical (unpaired) electrons. The second kappa shape index (κ2) is 6.11. The molecule has 1 aromatic carbocycles. The summed E-state index contributed by atoms with van der Waals surface area (Å²) in [4.78, 5) is 6.52. The number of hydrogen-bond donors (Lipinski definition) is 0. The monoisotopic (exact) mass is 290 g/mol. The average molecular weight is 291 g/mol. The smallest absolute Gasteiger partial charge is 0.196 e. The van der Waals surface area contributed by atoms with E-state index in [1.807, 2.05) is 36.4 Å². The van der Waals surface area contributed by atoms with Crippen LogP contribution in [0, 0.1) is 0 Å². The number of rotatable bonds is 3. The topological polar surface area (TPSA) is 38.0 Å². The van der Waals surface area contributed by atoms with E-state index in [9.17, 15) is 0 Å². The van der Waals surface area contributed by atoms with Crippen LogP contribution >= 0.6 is 11.6 Å². The quantitative estimate of drug-likeness (QED) is 0.812. The van der Waals surface area contributed by atoms with Crippen LogP contribution in [0.2, 0.25) is 5.02 Å². The molecule has 0 amide bonds. The Labute approximate surface area is 122 Å². The van der Waals surface area contributed by atoms with Crippen LogP contribution in [-0.2, 0) is 4.74 Å². The molecule has 1 aliphatic heterocycles. The zero-order valence-corrected chi connectivity index (χ0v) is 11.7. The maximum absolute atomic E-state index is 5.92. The molecule has 0 spiro atoms. The summed E-state index contributed by atoms with van der Waals surface area (Å²) in [5.74, 6) is 1.59. The Bertz CT molecular complexity index is 603. The second-order valence-electron chi connectivity index (χ2n) is 4.51. The molecule has 1 aliphatic rings. The molecule has 1 saturated heterocycles. The number of morpholine rings is 1. The van der Waals surface area contributed by atoms with Gasteiger partial charge in [-0.2, -0.15) is 0 Å². The molecule has 0 unspecified atom stereocenters. The first-order valence-corrected chi connectivity index (χ1v) is 6.91. The zero-order valence-electron chi connectivity index (χ0n) is 11.0. The van der Waals surface area contributed by atoms with Crippen molar-refractivity contribution >= 4 is 29.4 Å². The number of anilines is 1. The molecule has 0 atom stereocenters. The Morgan fingerprint density at radius 3 is 2.80 bits per heavy atom. The van der Waals surface area contributed by atoms with E-state index in [1.165, 1.54) is 0 Å². The number of halogens is 1. The minimum absolute atomic E-state index is 0.674. The van der Waals surface area contributed by atoms with E-state index in [4.69, 9.17) is 20.8 Å². The number of ether oxygens (including phenoxy) is 1. The second-order valence-corrected chi connectivity index (χ2v) is 4.95. The molecule has 0 N–H and O–H groups in total. The van der Waals surface area contributed by atoms with Gasteiger partial charge in [-0.15, -0.1) is 0 Å². The van der Waals surface area contributed by atoms with E-state index in [2.05, 4.69) is 9.89 Å². The number of furan rings is 1. The SMILES string of the molecule is Clc1cccc(N=Cc2ccc(N3CCOCC3)o2)c1. The third kappa shape index (κ3) is 3.21. The van der Waals surface area contributed by atoms with E-state index in [0.717, 1.165) is 43.6 Å². The Morgan fingerprint density at radius 2 is 2.00 bits per heavy atom. The lowest BCUT2D eigenvalue weighted by atomic mass is 10.3. The van der Waals surface area contributed by atoms with Gasteiger partial charge in [0.15, 0.2) is 5.88 Å². The highest BCUT2D eigenvalue weighted by atomic mass is 35.5. The van der Waals surface area contributed by atoms with E-state index in [0.29, 0.717) is 5.02 Å². The summed E-state index contributed by atoms with van der Waals surface area (Å²) in [6, 6.07) is 11.3. The fourth-order valence-electron chi connectivity index (χ4n) is 2.06. The molecule has 3 rings (SSSR count). The van der Waals surface area contributed by atoms with Crippen molar-refractivity contribution in [3.8, 4) is 0 Å². The van der Waals surface area contributed by atoms with Gasteiger partial charge in [0.05, 0.1) is 25.1 Å². The van der Waals surface area contributed by atoms with E-state index in [-0.39, 0.29) is 0 Å². The predicted octanol–water partition coefficient (Wildman–Crippen LogP) is 3.52. The Kier molecular flexibility index (Phi) is 4.04. The number of nitrogens with zero attached hydrogens (tertiary/aromatic N) is 2. The molecule has 0 aliphatic carbocycles. The zero-order chi connectivity index (χ0) is 13.8. The van der Waals surface area contributed by atoms with Crippen molar-refractivity contribution in [2.45, 2.75) is 0 Å². The van der Waals surface area contributed by atoms with Crippen molar-refractivity contribution in [3.05, 3.63) is 47.2 Å². The molecule has 1 fully saturated rings. The van der Waals surface area contributed by atoms with Crippen molar-refractivity contribution in [2.24, 2.45) is 4.99 Å². The highest BCUT2D eigenvalue weighted by molar-refractivity contribution is 6.30. The molecule has 0 bridgehead atoms. The molecule has 1 aromatic heterocycles. The Balaban J connectivity index is 1.70. The first-order valence-electron chi connectivity index (χ1n) is 6.53. The van der Waals surface area contributed by atoms with E-state index in [1.54, 1.807) is 6.21 Å². The third-order valence-electron chi connectivity index (χ3n) is 3.08. The van der Waals surface area contributed by atoms with Crippen LogP contribution in [-0.4, -0.2) is 32.5 Å². The third-order valence-corrected chi connectivity index (χ3v) is 3.32. The fraction of sp³-hybridized carbons (Fsp3) is 0.267. The van der Waals surface area contributed by atoms with Crippen LogP contribution in [0.5, 0.6) is 0 Å². The van der Waals surface area contributed by atoms with Crippen molar-refractivity contribution < 1.29 is 9.15 Å². The number of hydrogen-bond acceptors (Lipinski definition) is 4. The molecule has 2 heterocycles. The summed E-state index contributed by atoms with van der Waals surface area (Å²) in [5.41, 5.74) is 0.807. The summed E-state index contributed by atoms with van der Waals surface area (Å²) >= 11 is 5.92. The normalized spacial score (nSPS) is 15.9. The van der Waals surface area contributed by atoms with Crippen molar-refractivity contribution in [1.29, 1.82) is 0 Å². The summed E-state index contributed by atoms with van der Waals surface area (Å²) in [6.07, 6.45) is 1.70. The summed E-state index contributed by atoms with van der Waals surface area (Å²) < 4.78 is 11.1. The van der Waals surface area contributed by atoms with Gasteiger partial charge in [0.2, 0.25) is 0 Å². The minimum Gasteiger partial charge on any atom is -0.440 e. The molecule has 104 valence electrons. The van der Waals surface area contributed by atoms with Gasteiger partial charge in [-0.1, -0.05) is 17.7 Å². The van der Waals surface area contributed by atoms with Crippen LogP contribution in [0.25, 0.3) is 0 Å². The van der Waals surface area contributed by atoms with Crippen molar-refractivity contribution in [2.75, 3.05) is 31.2 Å². The lowest BCUT2D eigenvalue weighted by molar-refractivity contribution is 0.120. The van der Waals surface area contributed by atoms with Gasteiger partial charge in [-0.25, -0.2) is 0 Å². The lowest BCUT2D eigenvalue weighted by Crippen LogP contribution is -2.35. The van der Waals surface area contributed by atoms with Gasteiger partial charge in [0.25, 0.3) is 0 Å².